The summed E-state index contributed by atoms with van der Waals surface area (Å²) in [5.41, 5.74) is 8.27. The monoisotopic (exact) mass is 382 g/mol. The van der Waals surface area contributed by atoms with Crippen molar-refractivity contribution in [1.29, 1.82) is 0 Å². The minimum Gasteiger partial charge on any atom is -0.378 e. The molecule has 0 aromatic carbocycles. The Labute approximate surface area is 162 Å². The Morgan fingerprint density at radius 2 is 1.89 bits per heavy atom. The van der Waals surface area contributed by atoms with Gasteiger partial charge in [0.2, 0.25) is 5.95 Å². The number of ketones is 1. The van der Waals surface area contributed by atoms with Crippen molar-refractivity contribution in [3.05, 3.63) is 34.0 Å². The predicted molar refractivity (Wildman–Crippen MR) is 106 cm³/mol. The molecular formula is C20H22N4O2S. The van der Waals surface area contributed by atoms with Gasteiger partial charge in [0.1, 0.15) is 5.00 Å². The third-order valence-corrected chi connectivity index (χ3v) is 6.17. The van der Waals surface area contributed by atoms with Gasteiger partial charge in [-0.1, -0.05) is 25.7 Å². The van der Waals surface area contributed by atoms with Crippen LogP contribution < -0.4 is 10.6 Å². The highest BCUT2D eigenvalue weighted by molar-refractivity contribution is 7.18. The van der Waals surface area contributed by atoms with Crippen LogP contribution in [0.1, 0.15) is 46.6 Å². The van der Waals surface area contributed by atoms with Crippen molar-refractivity contribution in [1.82, 2.24) is 9.97 Å². The highest BCUT2D eigenvalue weighted by Crippen LogP contribution is 2.44. The SMILES string of the molecule is CC1(C)CC(=O)c2sc(N3CCOCC3)c(C#Cc3cnc(N)nc3)c2C1. The van der Waals surface area contributed by atoms with E-state index in [2.05, 4.69) is 40.6 Å². The summed E-state index contributed by atoms with van der Waals surface area (Å²) < 4.78 is 5.49. The van der Waals surface area contributed by atoms with Crippen LogP contribution in [-0.4, -0.2) is 42.1 Å². The van der Waals surface area contributed by atoms with Gasteiger partial charge in [0, 0.05) is 31.9 Å². The number of hydrogen-bond donors (Lipinski definition) is 1. The van der Waals surface area contributed by atoms with E-state index in [0.29, 0.717) is 25.2 Å². The third-order valence-electron chi connectivity index (χ3n) is 4.84. The van der Waals surface area contributed by atoms with Crippen LogP contribution in [0.25, 0.3) is 0 Å². The van der Waals surface area contributed by atoms with Gasteiger partial charge in [-0.2, -0.15) is 0 Å². The molecule has 0 spiro atoms. The molecule has 1 fully saturated rings. The van der Waals surface area contributed by atoms with E-state index in [1.807, 2.05) is 0 Å². The first kappa shape index (κ1) is 18.0. The van der Waals surface area contributed by atoms with Gasteiger partial charge in [-0.05, 0) is 17.4 Å². The minimum absolute atomic E-state index is 0.0474. The minimum atomic E-state index is -0.0474. The second-order valence-corrected chi connectivity index (χ2v) is 8.71. The molecule has 6 nitrogen and oxygen atoms in total. The highest BCUT2D eigenvalue weighted by atomic mass is 32.1. The number of fused-ring (bicyclic) bond motifs is 1. The van der Waals surface area contributed by atoms with Crippen LogP contribution in [-0.2, 0) is 11.2 Å². The number of thiophene rings is 1. The fourth-order valence-electron chi connectivity index (χ4n) is 3.56. The van der Waals surface area contributed by atoms with Crippen molar-refractivity contribution >= 4 is 28.1 Å². The van der Waals surface area contributed by atoms with Crippen molar-refractivity contribution in [2.24, 2.45) is 5.41 Å². The Morgan fingerprint density at radius 3 is 2.59 bits per heavy atom. The van der Waals surface area contributed by atoms with Gasteiger partial charge < -0.3 is 15.4 Å². The number of morpholine rings is 1. The van der Waals surface area contributed by atoms with Gasteiger partial charge in [0.25, 0.3) is 0 Å². The first-order valence-corrected chi connectivity index (χ1v) is 9.86. The summed E-state index contributed by atoms with van der Waals surface area (Å²) in [6.07, 6.45) is 4.69. The van der Waals surface area contributed by atoms with E-state index in [-0.39, 0.29) is 17.1 Å². The van der Waals surface area contributed by atoms with Gasteiger partial charge in [-0.15, -0.1) is 11.3 Å². The summed E-state index contributed by atoms with van der Waals surface area (Å²) in [5, 5.41) is 1.08. The fraction of sp³-hybridized carbons (Fsp3) is 0.450. The molecule has 140 valence electrons. The van der Waals surface area contributed by atoms with Crippen molar-refractivity contribution in [2.45, 2.75) is 26.7 Å². The number of nitrogens with two attached hydrogens (primary N) is 1. The van der Waals surface area contributed by atoms with Crippen LogP contribution in [0.4, 0.5) is 10.9 Å². The first-order valence-electron chi connectivity index (χ1n) is 9.04. The van der Waals surface area contributed by atoms with Crippen molar-refractivity contribution in [3.8, 4) is 11.8 Å². The lowest BCUT2D eigenvalue weighted by Crippen LogP contribution is -2.36. The second-order valence-electron chi connectivity index (χ2n) is 7.71. The lowest BCUT2D eigenvalue weighted by Gasteiger charge is -2.29. The second kappa shape index (κ2) is 6.95. The van der Waals surface area contributed by atoms with E-state index >= 15 is 0 Å². The topological polar surface area (TPSA) is 81.3 Å². The molecule has 1 saturated heterocycles. The maximum absolute atomic E-state index is 12.7. The number of Topliss-reactive ketones (excluding diaryl/α,β-unsaturated/α-hetero) is 1. The Bertz CT molecular complexity index is 931. The number of carbonyl (C=O) groups excluding carboxylic acids is 1. The van der Waals surface area contributed by atoms with Crippen LogP contribution in [0, 0.1) is 17.3 Å². The van der Waals surface area contributed by atoms with Crippen molar-refractivity contribution in [3.63, 3.8) is 0 Å². The number of nitrogen functional groups attached to an aromatic ring is 1. The number of hydrogen-bond acceptors (Lipinski definition) is 7. The lowest BCUT2D eigenvalue weighted by molar-refractivity contribution is 0.0917. The van der Waals surface area contributed by atoms with Gasteiger partial charge >= 0.3 is 0 Å². The molecule has 27 heavy (non-hydrogen) atoms. The predicted octanol–water partition coefficient (Wildman–Crippen LogP) is 2.51. The largest absolute Gasteiger partial charge is 0.378 e. The third kappa shape index (κ3) is 3.68. The first-order chi connectivity index (χ1) is 12.9. The van der Waals surface area contributed by atoms with E-state index in [1.165, 1.54) is 0 Å². The summed E-state index contributed by atoms with van der Waals surface area (Å²) in [6, 6.07) is 0. The summed E-state index contributed by atoms with van der Waals surface area (Å²) >= 11 is 1.58. The zero-order chi connectivity index (χ0) is 19.0. The Balaban J connectivity index is 1.80. The van der Waals surface area contributed by atoms with Gasteiger partial charge in [0.05, 0.1) is 29.2 Å². The number of aromatic nitrogens is 2. The van der Waals surface area contributed by atoms with Gasteiger partial charge in [-0.3, -0.25) is 4.79 Å². The summed E-state index contributed by atoms with van der Waals surface area (Å²) in [6.45, 7) is 7.31. The molecule has 7 heteroatoms. The molecule has 3 heterocycles. The standard InChI is InChI=1S/C20H22N4O2S/c1-20(2)9-15-14(4-3-13-11-22-19(21)23-12-13)18(24-5-7-26-8-6-24)27-17(15)16(25)10-20/h11-12H,5-10H2,1-2H3,(H2,21,22,23). The molecule has 0 unspecified atom stereocenters. The van der Waals surface area contributed by atoms with Crippen LogP contribution in [0.15, 0.2) is 12.4 Å². The number of rotatable bonds is 1. The van der Waals surface area contributed by atoms with E-state index in [0.717, 1.165) is 40.5 Å². The van der Waals surface area contributed by atoms with Crippen molar-refractivity contribution < 1.29 is 9.53 Å². The zero-order valence-corrected chi connectivity index (χ0v) is 16.4. The van der Waals surface area contributed by atoms with E-state index < -0.39 is 0 Å². The Hall–Kier alpha value is -2.43. The molecule has 0 saturated carbocycles. The van der Waals surface area contributed by atoms with E-state index in [4.69, 9.17) is 10.5 Å². The smallest absolute Gasteiger partial charge is 0.219 e. The average Bonchev–Trinajstić information content (AvgIpc) is 2.99. The fourth-order valence-corrected chi connectivity index (χ4v) is 4.82. The lowest BCUT2D eigenvalue weighted by atomic mass is 9.75. The molecule has 2 aliphatic rings. The summed E-state index contributed by atoms with van der Waals surface area (Å²) in [7, 11) is 0. The molecule has 0 radical (unpaired) electrons. The number of carbonyl (C=O) groups is 1. The number of nitrogens with zero attached hydrogens (tertiary/aromatic N) is 3. The van der Waals surface area contributed by atoms with Crippen molar-refractivity contribution in [2.75, 3.05) is 36.9 Å². The van der Waals surface area contributed by atoms with Crippen LogP contribution >= 0.6 is 11.3 Å². The summed E-state index contributed by atoms with van der Waals surface area (Å²) in [4.78, 5) is 23.9. The molecule has 0 amide bonds. The Kier molecular flexibility index (Phi) is 4.62. The molecule has 1 aliphatic carbocycles. The quantitative estimate of drug-likeness (QED) is 0.764. The molecule has 2 aromatic heterocycles. The van der Waals surface area contributed by atoms with E-state index in [9.17, 15) is 4.79 Å². The molecule has 2 aromatic rings. The van der Waals surface area contributed by atoms with Crippen LogP contribution in [0.3, 0.4) is 0 Å². The normalized spacial score (nSPS) is 18.6. The molecule has 0 bridgehead atoms. The van der Waals surface area contributed by atoms with Crippen LogP contribution in [0.2, 0.25) is 0 Å². The maximum atomic E-state index is 12.7. The molecule has 2 N–H and O–H groups in total. The van der Waals surface area contributed by atoms with Gasteiger partial charge in [0.15, 0.2) is 5.78 Å². The highest BCUT2D eigenvalue weighted by Gasteiger charge is 2.36. The molecule has 4 rings (SSSR count). The van der Waals surface area contributed by atoms with Crippen LogP contribution in [0.5, 0.6) is 0 Å². The summed E-state index contributed by atoms with van der Waals surface area (Å²) in [5.74, 6) is 6.93. The average molecular weight is 382 g/mol. The molecule has 1 aliphatic heterocycles. The van der Waals surface area contributed by atoms with E-state index in [1.54, 1.807) is 23.7 Å². The Morgan fingerprint density at radius 1 is 1.19 bits per heavy atom. The molecular weight excluding hydrogens is 360 g/mol. The maximum Gasteiger partial charge on any atom is 0.219 e. The number of ether oxygens (including phenoxy) is 1. The van der Waals surface area contributed by atoms with Gasteiger partial charge in [-0.25, -0.2) is 9.97 Å². The number of anilines is 2. The zero-order valence-electron chi connectivity index (χ0n) is 15.5. The molecule has 0 atom stereocenters.